The fraction of sp³-hybridized carbons (Fsp3) is 0.182. The lowest BCUT2D eigenvalue weighted by atomic mass is 10.1. The number of nitrogens with zero attached hydrogens (tertiary/aromatic N) is 1. The number of benzene rings is 1. The van der Waals surface area contributed by atoms with Crippen LogP contribution in [0.15, 0.2) is 35.3 Å². The van der Waals surface area contributed by atoms with Crippen LogP contribution in [0.4, 0.5) is 0 Å². The molecule has 0 saturated heterocycles. The summed E-state index contributed by atoms with van der Waals surface area (Å²) in [6.45, 7) is 1.55. The van der Waals surface area contributed by atoms with E-state index in [4.69, 9.17) is 4.74 Å². The minimum atomic E-state index is -1.02. The summed E-state index contributed by atoms with van der Waals surface area (Å²) in [6, 6.07) is 7.57. The lowest BCUT2D eigenvalue weighted by molar-refractivity contribution is -0.133. The highest BCUT2D eigenvalue weighted by molar-refractivity contribution is 6.16. The third-order valence-corrected chi connectivity index (χ3v) is 2.09. The van der Waals surface area contributed by atoms with Crippen LogP contribution in [0.3, 0.4) is 0 Å². The van der Waals surface area contributed by atoms with Crippen molar-refractivity contribution in [3.63, 3.8) is 0 Å². The number of esters is 1. The number of hydrogen-bond acceptors (Lipinski definition) is 4. The number of rotatable bonds is 2. The smallest absolute Gasteiger partial charge is 0.345 e. The Morgan fingerprint density at radius 2 is 2.00 bits per heavy atom. The second-order valence-electron chi connectivity index (χ2n) is 3.20. The van der Waals surface area contributed by atoms with Gasteiger partial charge in [-0.3, -0.25) is 4.79 Å². The maximum atomic E-state index is 11.8. The first kappa shape index (κ1) is 9.58. The molecule has 0 fully saturated rings. The van der Waals surface area contributed by atoms with Crippen molar-refractivity contribution in [2.45, 2.75) is 13.0 Å². The predicted octanol–water partition coefficient (Wildman–Crippen LogP) is 1.21. The molecule has 0 saturated carbocycles. The average molecular weight is 203 g/mol. The summed E-state index contributed by atoms with van der Waals surface area (Å²) in [5.41, 5.74) is 0.470. The number of hydrogen-bond donors (Lipinski definition) is 0. The van der Waals surface area contributed by atoms with Crippen LogP contribution in [-0.2, 0) is 9.53 Å². The predicted molar refractivity (Wildman–Crippen MR) is 53.8 cm³/mol. The van der Waals surface area contributed by atoms with Gasteiger partial charge in [0.15, 0.2) is 11.7 Å². The summed E-state index contributed by atoms with van der Waals surface area (Å²) >= 11 is 0. The van der Waals surface area contributed by atoms with Crippen molar-refractivity contribution in [2.24, 2.45) is 4.99 Å². The van der Waals surface area contributed by atoms with Crippen molar-refractivity contribution in [3.05, 3.63) is 35.9 Å². The Hall–Kier alpha value is -1.97. The van der Waals surface area contributed by atoms with Crippen LogP contribution >= 0.6 is 0 Å². The van der Waals surface area contributed by atoms with E-state index in [0.29, 0.717) is 5.56 Å². The second-order valence-corrected chi connectivity index (χ2v) is 3.20. The highest BCUT2D eigenvalue weighted by Crippen LogP contribution is 2.12. The minimum absolute atomic E-state index is 0.245. The van der Waals surface area contributed by atoms with Gasteiger partial charge in [0.1, 0.15) is 0 Å². The van der Waals surface area contributed by atoms with Gasteiger partial charge in [-0.15, -0.1) is 0 Å². The molecule has 0 radical (unpaired) electrons. The minimum Gasteiger partial charge on any atom is -0.410 e. The third-order valence-electron chi connectivity index (χ3n) is 2.09. The van der Waals surface area contributed by atoms with Gasteiger partial charge in [-0.2, -0.15) is 0 Å². The SMILES string of the molecule is CC1=NC(C(=O)c2ccccc2)C(=O)O1. The maximum absolute atomic E-state index is 11.8. The molecule has 76 valence electrons. The molecule has 1 aromatic carbocycles. The largest absolute Gasteiger partial charge is 0.410 e. The van der Waals surface area contributed by atoms with Gasteiger partial charge in [0.25, 0.3) is 0 Å². The van der Waals surface area contributed by atoms with Crippen LogP contribution in [0.5, 0.6) is 0 Å². The summed E-state index contributed by atoms with van der Waals surface area (Å²) in [5.74, 6) is -0.673. The van der Waals surface area contributed by atoms with Gasteiger partial charge in [0.2, 0.25) is 6.04 Å². The van der Waals surface area contributed by atoms with Gasteiger partial charge in [-0.1, -0.05) is 30.3 Å². The van der Waals surface area contributed by atoms with Crippen LogP contribution in [-0.4, -0.2) is 23.7 Å². The highest BCUT2D eigenvalue weighted by Gasteiger charge is 2.33. The first-order valence-corrected chi connectivity index (χ1v) is 4.54. The normalized spacial score (nSPS) is 19.7. The number of ether oxygens (including phenoxy) is 1. The van der Waals surface area contributed by atoms with E-state index in [9.17, 15) is 9.59 Å². The number of carbonyl (C=O) groups excluding carboxylic acids is 2. The standard InChI is InChI=1S/C11H9NO3/c1-7-12-9(11(14)15-7)10(13)8-5-3-2-4-6-8/h2-6,9H,1H3. The summed E-state index contributed by atoms with van der Waals surface area (Å²) < 4.78 is 4.71. The lowest BCUT2D eigenvalue weighted by Crippen LogP contribution is -2.25. The number of ketones is 1. The molecule has 0 amide bonds. The number of cyclic esters (lactones) is 1. The van der Waals surface area contributed by atoms with Crippen molar-refractivity contribution < 1.29 is 14.3 Å². The van der Waals surface area contributed by atoms with Crippen LogP contribution in [0.2, 0.25) is 0 Å². The first-order valence-electron chi connectivity index (χ1n) is 4.54. The molecule has 0 spiro atoms. The molecule has 1 unspecified atom stereocenters. The third kappa shape index (κ3) is 1.79. The molecule has 1 aliphatic rings. The van der Waals surface area contributed by atoms with Gasteiger partial charge in [0, 0.05) is 12.5 Å². The van der Waals surface area contributed by atoms with Crippen molar-refractivity contribution in [2.75, 3.05) is 0 Å². The van der Waals surface area contributed by atoms with Crippen molar-refractivity contribution in [1.82, 2.24) is 0 Å². The van der Waals surface area contributed by atoms with E-state index in [-0.39, 0.29) is 11.7 Å². The Balaban J connectivity index is 2.26. The van der Waals surface area contributed by atoms with Crippen LogP contribution < -0.4 is 0 Å². The van der Waals surface area contributed by atoms with E-state index in [1.54, 1.807) is 37.3 Å². The van der Waals surface area contributed by atoms with Crippen molar-refractivity contribution >= 4 is 17.7 Å². The number of Topliss-reactive ketones (excluding diaryl/α,β-unsaturated/α-hetero) is 1. The van der Waals surface area contributed by atoms with Gasteiger partial charge in [0.05, 0.1) is 0 Å². The van der Waals surface area contributed by atoms with Crippen molar-refractivity contribution in [3.8, 4) is 0 Å². The summed E-state index contributed by atoms with van der Waals surface area (Å²) in [5, 5.41) is 0. The molecule has 1 heterocycles. The van der Waals surface area contributed by atoms with Gasteiger partial charge < -0.3 is 4.74 Å². The molecule has 15 heavy (non-hydrogen) atoms. The molecule has 0 aromatic heterocycles. The van der Waals surface area contributed by atoms with E-state index in [1.165, 1.54) is 0 Å². The molecule has 0 aliphatic carbocycles. The Morgan fingerprint density at radius 3 is 2.53 bits per heavy atom. The Kier molecular flexibility index (Phi) is 2.33. The molecular weight excluding hydrogens is 194 g/mol. The highest BCUT2D eigenvalue weighted by atomic mass is 16.6. The Bertz CT molecular complexity index is 436. The van der Waals surface area contributed by atoms with Crippen LogP contribution in [0.1, 0.15) is 17.3 Å². The lowest BCUT2D eigenvalue weighted by Gasteiger charge is -2.01. The van der Waals surface area contributed by atoms with E-state index in [2.05, 4.69) is 4.99 Å². The van der Waals surface area contributed by atoms with Crippen LogP contribution in [0, 0.1) is 0 Å². The summed E-state index contributed by atoms with van der Waals surface area (Å²) in [6.07, 6.45) is 0. The first-order chi connectivity index (χ1) is 7.18. The van der Waals surface area contributed by atoms with E-state index in [0.717, 1.165) is 0 Å². The average Bonchev–Trinajstić information content (AvgIpc) is 2.58. The fourth-order valence-corrected chi connectivity index (χ4v) is 1.39. The van der Waals surface area contributed by atoms with Crippen LogP contribution in [0.25, 0.3) is 0 Å². The summed E-state index contributed by atoms with van der Waals surface area (Å²) in [7, 11) is 0. The second kappa shape index (κ2) is 3.65. The Morgan fingerprint density at radius 1 is 1.33 bits per heavy atom. The monoisotopic (exact) mass is 203 g/mol. The zero-order valence-corrected chi connectivity index (χ0v) is 8.14. The van der Waals surface area contributed by atoms with Crippen molar-refractivity contribution in [1.29, 1.82) is 0 Å². The maximum Gasteiger partial charge on any atom is 0.345 e. The molecule has 1 aromatic rings. The molecule has 1 atom stereocenters. The zero-order chi connectivity index (χ0) is 10.8. The van der Waals surface area contributed by atoms with E-state index >= 15 is 0 Å². The van der Waals surface area contributed by atoms with E-state index < -0.39 is 12.0 Å². The molecule has 1 aliphatic heterocycles. The number of aliphatic imine (C=N–C) groups is 1. The molecule has 4 heteroatoms. The summed E-state index contributed by atoms with van der Waals surface area (Å²) in [4.78, 5) is 26.9. The molecular formula is C11H9NO3. The topological polar surface area (TPSA) is 55.7 Å². The van der Waals surface area contributed by atoms with Gasteiger partial charge >= 0.3 is 5.97 Å². The Labute approximate surface area is 86.6 Å². The quantitative estimate of drug-likeness (QED) is 0.412. The van der Waals surface area contributed by atoms with Gasteiger partial charge in [-0.25, -0.2) is 9.79 Å². The van der Waals surface area contributed by atoms with E-state index in [1.807, 2.05) is 0 Å². The zero-order valence-electron chi connectivity index (χ0n) is 8.14. The molecule has 0 N–H and O–H groups in total. The van der Waals surface area contributed by atoms with Gasteiger partial charge in [-0.05, 0) is 0 Å². The molecule has 2 rings (SSSR count). The number of carbonyl (C=O) groups is 2. The molecule has 0 bridgehead atoms. The fourth-order valence-electron chi connectivity index (χ4n) is 1.39. The molecule has 4 nitrogen and oxygen atoms in total.